The minimum atomic E-state index is -0.0754. The van der Waals surface area contributed by atoms with Gasteiger partial charge in [-0.1, -0.05) is 0 Å². The van der Waals surface area contributed by atoms with Crippen LogP contribution < -0.4 is 0 Å². The molecule has 5 heteroatoms. The van der Waals surface area contributed by atoms with E-state index in [1.165, 1.54) is 6.39 Å². The Bertz CT molecular complexity index is 356. The van der Waals surface area contributed by atoms with Gasteiger partial charge in [0.15, 0.2) is 6.39 Å². The number of nitrogens with zero attached hydrogens (tertiary/aromatic N) is 2. The summed E-state index contributed by atoms with van der Waals surface area (Å²) in [6.07, 6.45) is 3.00. The number of amides is 1. The van der Waals surface area contributed by atoms with Crippen LogP contribution in [0, 0.1) is 6.92 Å². The number of oxazole rings is 1. The van der Waals surface area contributed by atoms with E-state index in [-0.39, 0.29) is 11.3 Å². The number of carbonyl (C=O) groups excluding carboxylic acids is 1. The highest BCUT2D eigenvalue weighted by Gasteiger charge is 2.25. The van der Waals surface area contributed by atoms with Gasteiger partial charge in [-0.05, 0) is 19.8 Å². The predicted octanol–water partition coefficient (Wildman–Crippen LogP) is 1.83. The van der Waals surface area contributed by atoms with Gasteiger partial charge in [0.1, 0.15) is 0 Å². The molecule has 1 fully saturated rings. The molecule has 1 saturated heterocycles. The molecule has 1 amide bonds. The third-order valence-corrected chi connectivity index (χ3v) is 3.09. The first-order chi connectivity index (χ1) is 7.18. The minimum Gasteiger partial charge on any atom is -0.438 e. The van der Waals surface area contributed by atoms with Crippen molar-refractivity contribution in [2.45, 2.75) is 25.1 Å². The van der Waals surface area contributed by atoms with Gasteiger partial charge in [-0.15, -0.1) is 11.6 Å². The number of hydrogen-bond acceptors (Lipinski definition) is 3. The van der Waals surface area contributed by atoms with Crippen LogP contribution in [-0.2, 0) is 0 Å². The molecule has 0 saturated carbocycles. The van der Waals surface area contributed by atoms with Gasteiger partial charge in [0.2, 0.25) is 5.76 Å². The van der Waals surface area contributed by atoms with E-state index >= 15 is 0 Å². The first-order valence-corrected chi connectivity index (χ1v) is 5.45. The number of likely N-dealkylation sites (tertiary alicyclic amines) is 1. The van der Waals surface area contributed by atoms with Crippen molar-refractivity contribution in [3.05, 3.63) is 17.8 Å². The molecule has 0 unspecified atom stereocenters. The Kier molecular flexibility index (Phi) is 2.95. The SMILES string of the molecule is Cc1ncoc1C(=O)N1CCC(Cl)CC1. The van der Waals surface area contributed by atoms with Gasteiger partial charge in [0.25, 0.3) is 5.91 Å². The molecule has 82 valence electrons. The van der Waals surface area contributed by atoms with Crippen molar-refractivity contribution in [3.8, 4) is 0 Å². The molecule has 0 aromatic carbocycles. The van der Waals surface area contributed by atoms with E-state index in [9.17, 15) is 4.79 Å². The largest absolute Gasteiger partial charge is 0.438 e. The molecule has 2 heterocycles. The Morgan fingerprint density at radius 2 is 2.27 bits per heavy atom. The zero-order chi connectivity index (χ0) is 10.8. The molecule has 1 aromatic rings. The third kappa shape index (κ3) is 2.15. The topological polar surface area (TPSA) is 46.3 Å². The fourth-order valence-electron chi connectivity index (χ4n) is 1.70. The lowest BCUT2D eigenvalue weighted by Crippen LogP contribution is -2.38. The monoisotopic (exact) mass is 228 g/mol. The Morgan fingerprint density at radius 3 is 2.80 bits per heavy atom. The fraction of sp³-hybridized carbons (Fsp3) is 0.600. The van der Waals surface area contributed by atoms with Crippen molar-refractivity contribution >= 4 is 17.5 Å². The van der Waals surface area contributed by atoms with E-state index in [0.29, 0.717) is 24.5 Å². The van der Waals surface area contributed by atoms with Crippen LogP contribution in [0.2, 0.25) is 0 Å². The van der Waals surface area contributed by atoms with Gasteiger partial charge in [-0.2, -0.15) is 0 Å². The molecule has 0 spiro atoms. The number of piperidine rings is 1. The normalized spacial score (nSPS) is 18.1. The zero-order valence-electron chi connectivity index (χ0n) is 8.57. The molecule has 2 rings (SSSR count). The Hall–Kier alpha value is -1.03. The van der Waals surface area contributed by atoms with Crippen molar-refractivity contribution in [2.24, 2.45) is 0 Å². The number of carbonyl (C=O) groups is 1. The summed E-state index contributed by atoms with van der Waals surface area (Å²) in [5.74, 6) is 0.275. The summed E-state index contributed by atoms with van der Waals surface area (Å²) in [5, 5.41) is 0.199. The third-order valence-electron chi connectivity index (χ3n) is 2.65. The van der Waals surface area contributed by atoms with Crippen LogP contribution >= 0.6 is 11.6 Å². The zero-order valence-corrected chi connectivity index (χ0v) is 9.33. The average molecular weight is 229 g/mol. The van der Waals surface area contributed by atoms with E-state index in [1.54, 1.807) is 11.8 Å². The molecule has 0 aliphatic carbocycles. The number of hydrogen-bond donors (Lipinski definition) is 0. The van der Waals surface area contributed by atoms with Gasteiger partial charge < -0.3 is 9.32 Å². The molecule has 0 N–H and O–H groups in total. The lowest BCUT2D eigenvalue weighted by Gasteiger charge is -2.28. The van der Waals surface area contributed by atoms with E-state index in [4.69, 9.17) is 16.0 Å². The van der Waals surface area contributed by atoms with Crippen molar-refractivity contribution in [2.75, 3.05) is 13.1 Å². The van der Waals surface area contributed by atoms with Crippen LogP contribution in [0.3, 0.4) is 0 Å². The highest BCUT2D eigenvalue weighted by molar-refractivity contribution is 6.20. The predicted molar refractivity (Wildman–Crippen MR) is 56.0 cm³/mol. The average Bonchev–Trinajstić information content (AvgIpc) is 2.65. The van der Waals surface area contributed by atoms with Crippen molar-refractivity contribution in [3.63, 3.8) is 0 Å². The second kappa shape index (κ2) is 4.23. The summed E-state index contributed by atoms with van der Waals surface area (Å²) in [7, 11) is 0. The Balaban J connectivity index is 2.06. The van der Waals surface area contributed by atoms with E-state index in [0.717, 1.165) is 12.8 Å². The number of alkyl halides is 1. The first-order valence-electron chi connectivity index (χ1n) is 5.02. The van der Waals surface area contributed by atoms with Gasteiger partial charge in [0, 0.05) is 18.5 Å². The number of aryl methyl sites for hydroxylation is 1. The smallest absolute Gasteiger partial charge is 0.291 e. The van der Waals surface area contributed by atoms with Crippen molar-refractivity contribution in [1.82, 2.24) is 9.88 Å². The van der Waals surface area contributed by atoms with Crippen LogP contribution in [-0.4, -0.2) is 34.3 Å². The summed E-state index contributed by atoms with van der Waals surface area (Å²) < 4.78 is 5.07. The molecule has 15 heavy (non-hydrogen) atoms. The van der Waals surface area contributed by atoms with Crippen LogP contribution in [0.4, 0.5) is 0 Å². The van der Waals surface area contributed by atoms with Gasteiger partial charge in [-0.25, -0.2) is 4.98 Å². The summed E-state index contributed by atoms with van der Waals surface area (Å²) in [6.45, 7) is 3.17. The second-order valence-electron chi connectivity index (χ2n) is 3.73. The van der Waals surface area contributed by atoms with Gasteiger partial charge in [-0.3, -0.25) is 4.79 Å². The van der Waals surface area contributed by atoms with Crippen LogP contribution in [0.1, 0.15) is 29.1 Å². The lowest BCUT2D eigenvalue weighted by molar-refractivity contribution is 0.0693. The quantitative estimate of drug-likeness (QED) is 0.689. The van der Waals surface area contributed by atoms with E-state index < -0.39 is 0 Å². The summed E-state index contributed by atoms with van der Waals surface area (Å²) >= 11 is 5.97. The number of aromatic nitrogens is 1. The van der Waals surface area contributed by atoms with Crippen molar-refractivity contribution in [1.29, 1.82) is 0 Å². The van der Waals surface area contributed by atoms with Crippen molar-refractivity contribution < 1.29 is 9.21 Å². The maximum absolute atomic E-state index is 11.9. The standard InChI is InChI=1S/C10H13ClN2O2/c1-7-9(15-6-12-7)10(14)13-4-2-8(11)3-5-13/h6,8H,2-5H2,1H3. The minimum absolute atomic E-state index is 0.0754. The molecule has 0 radical (unpaired) electrons. The Morgan fingerprint density at radius 1 is 1.60 bits per heavy atom. The molecular weight excluding hydrogens is 216 g/mol. The second-order valence-corrected chi connectivity index (χ2v) is 4.35. The Labute approximate surface area is 93.2 Å². The van der Waals surface area contributed by atoms with E-state index in [1.807, 2.05) is 0 Å². The molecule has 1 aromatic heterocycles. The fourth-order valence-corrected chi connectivity index (χ4v) is 1.90. The molecular formula is C10H13ClN2O2. The number of halogens is 1. The van der Waals surface area contributed by atoms with Gasteiger partial charge in [0.05, 0.1) is 5.69 Å². The molecule has 0 bridgehead atoms. The maximum atomic E-state index is 11.9. The van der Waals surface area contributed by atoms with Crippen LogP contribution in [0.15, 0.2) is 10.8 Å². The molecule has 0 atom stereocenters. The van der Waals surface area contributed by atoms with Gasteiger partial charge >= 0.3 is 0 Å². The molecule has 1 aliphatic heterocycles. The summed E-state index contributed by atoms with van der Waals surface area (Å²) in [4.78, 5) is 17.6. The van der Waals surface area contributed by atoms with E-state index in [2.05, 4.69) is 4.98 Å². The summed E-state index contributed by atoms with van der Waals surface area (Å²) in [5.41, 5.74) is 0.646. The first kappa shape index (κ1) is 10.5. The summed E-state index contributed by atoms with van der Waals surface area (Å²) in [6, 6.07) is 0. The highest BCUT2D eigenvalue weighted by atomic mass is 35.5. The van der Waals surface area contributed by atoms with Crippen LogP contribution in [0.5, 0.6) is 0 Å². The highest BCUT2D eigenvalue weighted by Crippen LogP contribution is 2.18. The molecule has 1 aliphatic rings. The maximum Gasteiger partial charge on any atom is 0.291 e. The molecule has 4 nitrogen and oxygen atoms in total. The van der Waals surface area contributed by atoms with Crippen LogP contribution in [0.25, 0.3) is 0 Å². The number of rotatable bonds is 1. The lowest BCUT2D eigenvalue weighted by atomic mass is 10.1.